The van der Waals surface area contributed by atoms with Crippen molar-refractivity contribution < 1.29 is 14.6 Å². The monoisotopic (exact) mass is 312 g/mol. The zero-order chi connectivity index (χ0) is 16.4. The van der Waals surface area contributed by atoms with Crippen LogP contribution in [0.4, 0.5) is 11.4 Å². The predicted molar refractivity (Wildman–Crippen MR) is 90.2 cm³/mol. The maximum atomic E-state index is 11.7. The molecule has 1 aliphatic rings. The molecular formula is C18H20N2O3. The minimum absolute atomic E-state index is 0.0733. The van der Waals surface area contributed by atoms with Gasteiger partial charge in [0.05, 0.1) is 7.11 Å². The molecule has 0 aromatic heterocycles. The lowest BCUT2D eigenvalue weighted by Crippen LogP contribution is -2.25. The van der Waals surface area contributed by atoms with E-state index in [1.165, 1.54) is 12.7 Å². The van der Waals surface area contributed by atoms with Gasteiger partial charge in [0.25, 0.3) is 0 Å². The van der Waals surface area contributed by atoms with Gasteiger partial charge < -0.3 is 20.1 Å². The highest BCUT2D eigenvalue weighted by molar-refractivity contribution is 5.95. The Bertz CT molecular complexity index is 743. The molecule has 23 heavy (non-hydrogen) atoms. The molecule has 2 aromatic carbocycles. The quantitative estimate of drug-likeness (QED) is 0.911. The second kappa shape index (κ2) is 6.20. The topological polar surface area (TPSA) is 61.8 Å². The summed E-state index contributed by atoms with van der Waals surface area (Å²) in [6, 6.07) is 11.3. The van der Waals surface area contributed by atoms with Gasteiger partial charge in [-0.3, -0.25) is 4.79 Å². The number of nitrogens with one attached hydrogen (secondary N) is 1. The maximum Gasteiger partial charge on any atom is 0.223 e. The number of amides is 1. The zero-order valence-electron chi connectivity index (χ0n) is 13.3. The third-order valence-corrected chi connectivity index (χ3v) is 4.13. The van der Waals surface area contributed by atoms with Crippen molar-refractivity contribution >= 4 is 17.3 Å². The number of carbonyl (C=O) groups is 1. The highest BCUT2D eigenvalue weighted by Crippen LogP contribution is 2.34. The van der Waals surface area contributed by atoms with Crippen LogP contribution in [-0.4, -0.2) is 24.7 Å². The maximum absolute atomic E-state index is 11.7. The van der Waals surface area contributed by atoms with E-state index >= 15 is 0 Å². The molecule has 5 heteroatoms. The summed E-state index contributed by atoms with van der Waals surface area (Å²) < 4.78 is 5.13. The number of phenolic OH excluding ortho intramolecular Hbond substituents is 1. The smallest absolute Gasteiger partial charge is 0.223 e. The van der Waals surface area contributed by atoms with Crippen molar-refractivity contribution in [2.45, 2.75) is 19.9 Å². The highest BCUT2D eigenvalue weighted by atomic mass is 16.5. The van der Waals surface area contributed by atoms with Crippen LogP contribution in [0.2, 0.25) is 0 Å². The van der Waals surface area contributed by atoms with Crippen LogP contribution in [0.3, 0.4) is 0 Å². The molecular weight excluding hydrogens is 292 g/mol. The van der Waals surface area contributed by atoms with E-state index in [0.29, 0.717) is 12.3 Å². The largest absolute Gasteiger partial charge is 0.504 e. The van der Waals surface area contributed by atoms with Crippen molar-refractivity contribution in [3.05, 3.63) is 47.5 Å². The number of fused-ring (bicyclic) bond motifs is 1. The molecule has 0 unspecified atom stereocenters. The van der Waals surface area contributed by atoms with E-state index in [1.807, 2.05) is 35.2 Å². The molecule has 0 bridgehead atoms. The summed E-state index contributed by atoms with van der Waals surface area (Å²) in [4.78, 5) is 13.5. The van der Waals surface area contributed by atoms with Crippen LogP contribution < -0.4 is 15.0 Å². The van der Waals surface area contributed by atoms with Gasteiger partial charge in [-0.2, -0.15) is 0 Å². The SMILES string of the molecule is COc1cc(CNc2cccc3c2CCN3C(C)=O)ccc1O. The summed E-state index contributed by atoms with van der Waals surface area (Å²) in [5.41, 5.74) is 4.22. The number of hydrogen-bond donors (Lipinski definition) is 2. The molecule has 120 valence electrons. The first-order valence-electron chi connectivity index (χ1n) is 7.60. The Morgan fingerprint density at radius 3 is 2.91 bits per heavy atom. The molecule has 0 fully saturated rings. The van der Waals surface area contributed by atoms with Crippen LogP contribution in [0.1, 0.15) is 18.1 Å². The summed E-state index contributed by atoms with van der Waals surface area (Å²) in [6.45, 7) is 2.95. The fraction of sp³-hybridized carbons (Fsp3) is 0.278. The second-order valence-corrected chi connectivity index (χ2v) is 5.58. The molecule has 2 N–H and O–H groups in total. The molecule has 0 saturated heterocycles. The van der Waals surface area contributed by atoms with Crippen molar-refractivity contribution in [2.75, 3.05) is 23.9 Å². The van der Waals surface area contributed by atoms with Gasteiger partial charge in [0.2, 0.25) is 5.91 Å². The van der Waals surface area contributed by atoms with E-state index in [-0.39, 0.29) is 11.7 Å². The number of anilines is 2. The van der Waals surface area contributed by atoms with E-state index in [0.717, 1.165) is 29.9 Å². The third-order valence-electron chi connectivity index (χ3n) is 4.13. The van der Waals surface area contributed by atoms with Gasteiger partial charge >= 0.3 is 0 Å². The van der Waals surface area contributed by atoms with Gasteiger partial charge in [-0.1, -0.05) is 12.1 Å². The highest BCUT2D eigenvalue weighted by Gasteiger charge is 2.24. The number of hydrogen-bond acceptors (Lipinski definition) is 4. The predicted octanol–water partition coefficient (Wildman–Crippen LogP) is 2.92. The molecule has 5 nitrogen and oxygen atoms in total. The average molecular weight is 312 g/mol. The Morgan fingerprint density at radius 1 is 1.35 bits per heavy atom. The fourth-order valence-electron chi connectivity index (χ4n) is 2.96. The molecule has 1 aliphatic heterocycles. The van der Waals surface area contributed by atoms with Crippen LogP contribution in [0.25, 0.3) is 0 Å². The number of phenols is 1. The van der Waals surface area contributed by atoms with E-state index in [4.69, 9.17) is 4.74 Å². The lowest BCUT2D eigenvalue weighted by Gasteiger charge is -2.16. The molecule has 0 spiro atoms. The van der Waals surface area contributed by atoms with Gasteiger partial charge in [0, 0.05) is 37.0 Å². The molecule has 0 radical (unpaired) electrons. The normalized spacial score (nSPS) is 12.9. The third kappa shape index (κ3) is 2.95. The number of methoxy groups -OCH3 is 1. The zero-order valence-corrected chi connectivity index (χ0v) is 13.3. The lowest BCUT2D eigenvalue weighted by molar-refractivity contribution is -0.116. The molecule has 3 rings (SSSR count). The Morgan fingerprint density at radius 2 is 2.17 bits per heavy atom. The van der Waals surface area contributed by atoms with Gasteiger partial charge in [-0.15, -0.1) is 0 Å². The van der Waals surface area contributed by atoms with Crippen molar-refractivity contribution in [3.63, 3.8) is 0 Å². The van der Waals surface area contributed by atoms with Crippen LogP contribution in [0.5, 0.6) is 11.5 Å². The van der Waals surface area contributed by atoms with Gasteiger partial charge in [-0.25, -0.2) is 0 Å². The van der Waals surface area contributed by atoms with Crippen LogP contribution in [0.15, 0.2) is 36.4 Å². The Kier molecular flexibility index (Phi) is 4.10. The summed E-state index contributed by atoms with van der Waals surface area (Å²) in [6.07, 6.45) is 0.858. The fourth-order valence-corrected chi connectivity index (χ4v) is 2.96. The number of benzene rings is 2. The number of rotatable bonds is 4. The van der Waals surface area contributed by atoms with E-state index in [9.17, 15) is 9.90 Å². The first-order valence-corrected chi connectivity index (χ1v) is 7.60. The summed E-state index contributed by atoms with van der Waals surface area (Å²) in [5.74, 6) is 0.670. The van der Waals surface area contributed by atoms with E-state index in [1.54, 1.807) is 13.0 Å². The van der Waals surface area contributed by atoms with Crippen molar-refractivity contribution in [1.29, 1.82) is 0 Å². The minimum Gasteiger partial charge on any atom is -0.504 e. The van der Waals surface area contributed by atoms with E-state index in [2.05, 4.69) is 5.32 Å². The molecule has 0 atom stereocenters. The number of ether oxygens (including phenoxy) is 1. The Balaban J connectivity index is 1.79. The Labute approximate surface area is 135 Å². The van der Waals surface area contributed by atoms with E-state index < -0.39 is 0 Å². The van der Waals surface area contributed by atoms with Crippen LogP contribution >= 0.6 is 0 Å². The van der Waals surface area contributed by atoms with Gasteiger partial charge in [-0.05, 0) is 36.2 Å². The number of aromatic hydroxyl groups is 1. The number of carbonyl (C=O) groups excluding carboxylic acids is 1. The standard InChI is InChI=1S/C18H20N2O3/c1-12(21)20-9-8-14-15(4-3-5-16(14)20)19-11-13-6-7-17(22)18(10-13)23-2/h3-7,10,19,22H,8-9,11H2,1-2H3. The molecule has 1 amide bonds. The molecule has 0 aliphatic carbocycles. The van der Waals surface area contributed by atoms with Gasteiger partial charge in [0.15, 0.2) is 11.5 Å². The average Bonchev–Trinajstić information content (AvgIpc) is 2.99. The van der Waals surface area contributed by atoms with Crippen LogP contribution in [0, 0.1) is 0 Å². The minimum atomic E-state index is 0.0733. The molecule has 1 heterocycles. The lowest BCUT2D eigenvalue weighted by atomic mass is 10.1. The van der Waals surface area contributed by atoms with Crippen molar-refractivity contribution in [1.82, 2.24) is 0 Å². The van der Waals surface area contributed by atoms with Gasteiger partial charge in [0.1, 0.15) is 0 Å². The molecule has 2 aromatic rings. The first-order chi connectivity index (χ1) is 11.1. The van der Waals surface area contributed by atoms with Crippen molar-refractivity contribution in [3.8, 4) is 11.5 Å². The Hall–Kier alpha value is -2.69. The summed E-state index contributed by atoms with van der Waals surface area (Å²) in [7, 11) is 1.53. The summed E-state index contributed by atoms with van der Waals surface area (Å²) >= 11 is 0. The second-order valence-electron chi connectivity index (χ2n) is 5.58. The van der Waals surface area contributed by atoms with Crippen LogP contribution in [-0.2, 0) is 17.8 Å². The summed E-state index contributed by atoms with van der Waals surface area (Å²) in [5, 5.41) is 13.1. The van der Waals surface area contributed by atoms with Crippen molar-refractivity contribution in [2.24, 2.45) is 0 Å². The first kappa shape index (κ1) is 15.2. The molecule has 0 saturated carbocycles. The number of nitrogens with zero attached hydrogens (tertiary/aromatic N) is 1.